The van der Waals surface area contributed by atoms with Crippen LogP contribution in [0.25, 0.3) is 0 Å². The third kappa shape index (κ3) is 7.10. The van der Waals surface area contributed by atoms with Gasteiger partial charge in [-0.05, 0) is 48.0 Å². The molecule has 152 valence electrons. The van der Waals surface area contributed by atoms with Gasteiger partial charge in [-0.25, -0.2) is 4.99 Å². The Balaban J connectivity index is 0.00000300. The molecule has 8 heteroatoms. The number of nitrogens with one attached hydrogen (secondary N) is 1. The van der Waals surface area contributed by atoms with E-state index in [9.17, 15) is 0 Å². The Hall–Kier alpha value is -2.52. The van der Waals surface area contributed by atoms with E-state index < -0.39 is 0 Å². The lowest BCUT2D eigenvalue weighted by molar-refractivity contribution is 0.301. The number of nitrogens with two attached hydrogens (primary N) is 1. The van der Waals surface area contributed by atoms with Crippen molar-refractivity contribution in [3.05, 3.63) is 83.1 Å². The summed E-state index contributed by atoms with van der Waals surface area (Å²) in [6.45, 7) is 0.878. The predicted octanol–water partition coefficient (Wildman–Crippen LogP) is 4.87. The summed E-state index contributed by atoms with van der Waals surface area (Å²) in [5.41, 5.74) is 8.59. The number of anilines is 1. The fraction of sp³-hybridized carbons (Fsp3) is 0.143. The van der Waals surface area contributed by atoms with Crippen LogP contribution in [-0.2, 0) is 13.2 Å². The van der Waals surface area contributed by atoms with Gasteiger partial charge < -0.3 is 20.5 Å². The minimum atomic E-state index is 0. The van der Waals surface area contributed by atoms with Crippen LogP contribution in [0.1, 0.15) is 11.3 Å². The Morgan fingerprint density at radius 1 is 1.14 bits per heavy atom. The van der Waals surface area contributed by atoms with Crippen LogP contribution in [0.3, 0.4) is 0 Å². The van der Waals surface area contributed by atoms with Gasteiger partial charge in [0.05, 0.1) is 24.4 Å². The molecule has 0 saturated heterocycles. The number of ether oxygens (including phenoxy) is 2. The molecule has 0 aliphatic rings. The molecule has 0 fully saturated rings. The Bertz CT molecular complexity index is 937. The fourth-order valence-electron chi connectivity index (χ4n) is 2.44. The molecule has 0 aliphatic heterocycles. The highest BCUT2D eigenvalue weighted by molar-refractivity contribution is 14.0. The quantitative estimate of drug-likeness (QED) is 0.262. The van der Waals surface area contributed by atoms with Crippen LogP contribution in [0.15, 0.2) is 71.9 Å². The van der Waals surface area contributed by atoms with E-state index in [-0.39, 0.29) is 24.0 Å². The standard InChI is InChI=1S/C21H21ClN4O2.HI/c1-27-20-10-7-16(12-19(20)22)26-21(23)25-13-15-5-8-18(9-6-15)28-14-17-4-2-3-11-24-17;/h2-12H,13-14H2,1H3,(H3,23,25,26);1H. The average Bonchev–Trinajstić information content (AvgIpc) is 2.72. The number of pyridine rings is 1. The molecule has 0 saturated carbocycles. The van der Waals surface area contributed by atoms with Gasteiger partial charge in [-0.2, -0.15) is 0 Å². The van der Waals surface area contributed by atoms with Gasteiger partial charge in [0, 0.05) is 11.9 Å². The Kier molecular flexibility index (Phi) is 9.01. The van der Waals surface area contributed by atoms with Crippen LogP contribution >= 0.6 is 35.6 Å². The lowest BCUT2D eigenvalue weighted by Gasteiger charge is -2.09. The third-order valence-corrected chi connectivity index (χ3v) is 4.19. The number of halogens is 2. The number of guanidine groups is 1. The van der Waals surface area contributed by atoms with E-state index in [0.29, 0.717) is 29.9 Å². The Morgan fingerprint density at radius 2 is 1.93 bits per heavy atom. The van der Waals surface area contributed by atoms with Crippen LogP contribution in [0.4, 0.5) is 5.69 Å². The molecule has 0 unspecified atom stereocenters. The Labute approximate surface area is 192 Å². The molecule has 3 N–H and O–H groups in total. The summed E-state index contributed by atoms with van der Waals surface area (Å²) < 4.78 is 10.9. The van der Waals surface area contributed by atoms with E-state index in [4.69, 9.17) is 26.8 Å². The molecule has 0 spiro atoms. The van der Waals surface area contributed by atoms with Crippen LogP contribution in [0.5, 0.6) is 11.5 Å². The van der Waals surface area contributed by atoms with E-state index in [2.05, 4.69) is 15.3 Å². The molecular formula is C21H22ClIN4O2. The normalized spacial score (nSPS) is 10.8. The van der Waals surface area contributed by atoms with Gasteiger partial charge in [0.25, 0.3) is 0 Å². The molecule has 29 heavy (non-hydrogen) atoms. The lowest BCUT2D eigenvalue weighted by Crippen LogP contribution is -2.22. The SMILES string of the molecule is COc1ccc(NC(N)=NCc2ccc(OCc3ccccn3)cc2)cc1Cl.I. The molecule has 0 atom stereocenters. The summed E-state index contributed by atoms with van der Waals surface area (Å²) in [5, 5.41) is 3.51. The topological polar surface area (TPSA) is 81.8 Å². The maximum absolute atomic E-state index is 6.10. The highest BCUT2D eigenvalue weighted by atomic mass is 127. The first kappa shape index (κ1) is 22.8. The van der Waals surface area contributed by atoms with Crippen molar-refractivity contribution in [2.45, 2.75) is 13.2 Å². The fourth-order valence-corrected chi connectivity index (χ4v) is 2.70. The first-order valence-electron chi connectivity index (χ1n) is 8.66. The van der Waals surface area contributed by atoms with Crippen molar-refractivity contribution in [2.75, 3.05) is 12.4 Å². The molecule has 3 rings (SSSR count). The predicted molar refractivity (Wildman–Crippen MR) is 127 cm³/mol. The van der Waals surface area contributed by atoms with Crippen LogP contribution in [0.2, 0.25) is 5.02 Å². The van der Waals surface area contributed by atoms with Crippen molar-refractivity contribution in [2.24, 2.45) is 10.7 Å². The second-order valence-corrected chi connectivity index (χ2v) is 6.34. The maximum Gasteiger partial charge on any atom is 0.193 e. The molecule has 0 amide bonds. The van der Waals surface area contributed by atoms with Crippen molar-refractivity contribution < 1.29 is 9.47 Å². The van der Waals surface area contributed by atoms with Gasteiger partial charge in [0.15, 0.2) is 5.96 Å². The van der Waals surface area contributed by atoms with Crippen LogP contribution < -0.4 is 20.5 Å². The largest absolute Gasteiger partial charge is 0.495 e. The van der Waals surface area contributed by atoms with Gasteiger partial charge in [-0.15, -0.1) is 24.0 Å². The van der Waals surface area contributed by atoms with Gasteiger partial charge >= 0.3 is 0 Å². The lowest BCUT2D eigenvalue weighted by atomic mass is 10.2. The van der Waals surface area contributed by atoms with Gasteiger partial charge in [-0.1, -0.05) is 29.8 Å². The first-order valence-corrected chi connectivity index (χ1v) is 9.04. The van der Waals surface area contributed by atoms with E-state index in [1.807, 2.05) is 48.5 Å². The van der Waals surface area contributed by atoms with Gasteiger partial charge in [0.1, 0.15) is 18.1 Å². The maximum atomic E-state index is 6.10. The van der Waals surface area contributed by atoms with Crippen LogP contribution in [0, 0.1) is 0 Å². The molecule has 0 bridgehead atoms. The number of aromatic nitrogens is 1. The second kappa shape index (κ2) is 11.5. The number of aliphatic imine (C=N–C) groups is 1. The summed E-state index contributed by atoms with van der Waals surface area (Å²) in [5.74, 6) is 1.68. The minimum absolute atomic E-state index is 0. The van der Waals surface area contributed by atoms with E-state index in [1.54, 1.807) is 25.4 Å². The summed E-state index contributed by atoms with van der Waals surface area (Å²) in [4.78, 5) is 8.57. The number of hydrogen-bond acceptors (Lipinski definition) is 4. The summed E-state index contributed by atoms with van der Waals surface area (Å²) in [7, 11) is 1.57. The molecule has 6 nitrogen and oxygen atoms in total. The van der Waals surface area contributed by atoms with E-state index in [1.165, 1.54) is 0 Å². The molecule has 1 heterocycles. The third-order valence-electron chi connectivity index (χ3n) is 3.89. The second-order valence-electron chi connectivity index (χ2n) is 5.93. The highest BCUT2D eigenvalue weighted by Crippen LogP contribution is 2.27. The number of rotatable bonds is 7. The summed E-state index contributed by atoms with van der Waals surface area (Å²) >= 11 is 6.10. The molecule has 0 radical (unpaired) electrons. The first-order chi connectivity index (χ1) is 13.6. The van der Waals surface area contributed by atoms with Crippen molar-refractivity contribution in [1.82, 2.24) is 4.98 Å². The number of methoxy groups -OCH3 is 1. The average molecular weight is 525 g/mol. The molecule has 0 aliphatic carbocycles. The number of hydrogen-bond donors (Lipinski definition) is 2. The Morgan fingerprint density at radius 3 is 2.59 bits per heavy atom. The van der Waals surface area contributed by atoms with Crippen molar-refractivity contribution in [3.8, 4) is 11.5 Å². The van der Waals surface area contributed by atoms with Crippen molar-refractivity contribution in [3.63, 3.8) is 0 Å². The molecule has 3 aromatic rings. The zero-order chi connectivity index (χ0) is 19.8. The minimum Gasteiger partial charge on any atom is -0.495 e. The van der Waals surface area contributed by atoms with Gasteiger partial charge in [0.2, 0.25) is 0 Å². The van der Waals surface area contributed by atoms with Crippen molar-refractivity contribution in [1.29, 1.82) is 0 Å². The van der Waals surface area contributed by atoms with E-state index >= 15 is 0 Å². The monoisotopic (exact) mass is 524 g/mol. The molecule has 1 aromatic heterocycles. The zero-order valence-corrected chi connectivity index (χ0v) is 18.9. The smallest absolute Gasteiger partial charge is 0.193 e. The van der Waals surface area contributed by atoms with Gasteiger partial charge in [-0.3, -0.25) is 4.98 Å². The summed E-state index contributed by atoms with van der Waals surface area (Å²) in [6.07, 6.45) is 1.75. The number of benzene rings is 2. The zero-order valence-electron chi connectivity index (χ0n) is 15.8. The van der Waals surface area contributed by atoms with Crippen molar-refractivity contribution >= 4 is 47.2 Å². The molecular weight excluding hydrogens is 503 g/mol. The number of nitrogens with zero attached hydrogens (tertiary/aromatic N) is 2. The molecule has 2 aromatic carbocycles. The summed E-state index contributed by atoms with van der Waals surface area (Å²) in [6, 6.07) is 18.8. The highest BCUT2D eigenvalue weighted by Gasteiger charge is 2.03. The van der Waals surface area contributed by atoms with Crippen LogP contribution in [-0.4, -0.2) is 18.1 Å². The van der Waals surface area contributed by atoms with E-state index in [0.717, 1.165) is 22.7 Å².